The fourth-order valence-corrected chi connectivity index (χ4v) is 2.07. The SMILES string of the molecule is CNC(=O)C(C)(C)Cn1nnc2c(C(=O)O)cccc21. The molecule has 0 aliphatic rings. The number of carbonyl (C=O) groups excluding carboxylic acids is 1. The van der Waals surface area contributed by atoms with Gasteiger partial charge in [0.25, 0.3) is 0 Å². The molecule has 0 fully saturated rings. The predicted molar refractivity (Wildman–Crippen MR) is 72.3 cm³/mol. The van der Waals surface area contributed by atoms with Gasteiger partial charge in [-0.25, -0.2) is 9.48 Å². The molecule has 1 aromatic heterocycles. The van der Waals surface area contributed by atoms with Crippen LogP contribution < -0.4 is 5.32 Å². The van der Waals surface area contributed by atoms with Crippen LogP contribution in [0.5, 0.6) is 0 Å². The highest BCUT2D eigenvalue weighted by molar-refractivity contribution is 6.00. The molecular formula is C13H16N4O3. The summed E-state index contributed by atoms with van der Waals surface area (Å²) in [5.41, 5.74) is 0.357. The van der Waals surface area contributed by atoms with Crippen molar-refractivity contribution in [2.45, 2.75) is 20.4 Å². The van der Waals surface area contributed by atoms with Gasteiger partial charge in [-0.1, -0.05) is 11.3 Å². The summed E-state index contributed by atoms with van der Waals surface area (Å²) in [6.07, 6.45) is 0. The number of fused-ring (bicyclic) bond motifs is 1. The second-order valence-corrected chi connectivity index (χ2v) is 5.19. The first-order valence-electron chi connectivity index (χ1n) is 6.14. The van der Waals surface area contributed by atoms with E-state index in [1.807, 2.05) is 0 Å². The van der Waals surface area contributed by atoms with Gasteiger partial charge < -0.3 is 10.4 Å². The maximum atomic E-state index is 11.8. The van der Waals surface area contributed by atoms with Crippen LogP contribution in [0.15, 0.2) is 18.2 Å². The van der Waals surface area contributed by atoms with Crippen LogP contribution in [-0.2, 0) is 11.3 Å². The smallest absolute Gasteiger partial charge is 0.338 e. The highest BCUT2D eigenvalue weighted by Crippen LogP contribution is 2.22. The molecule has 0 aliphatic heterocycles. The van der Waals surface area contributed by atoms with Crippen LogP contribution >= 0.6 is 0 Å². The number of carbonyl (C=O) groups is 2. The summed E-state index contributed by atoms with van der Waals surface area (Å²) in [5.74, 6) is -1.16. The summed E-state index contributed by atoms with van der Waals surface area (Å²) < 4.78 is 1.55. The zero-order valence-electron chi connectivity index (χ0n) is 11.5. The largest absolute Gasteiger partial charge is 0.478 e. The van der Waals surface area contributed by atoms with E-state index in [-0.39, 0.29) is 11.5 Å². The average molecular weight is 276 g/mol. The van der Waals surface area contributed by atoms with Gasteiger partial charge in [0, 0.05) is 7.05 Å². The normalized spacial score (nSPS) is 11.6. The van der Waals surface area contributed by atoms with E-state index in [2.05, 4.69) is 15.6 Å². The molecule has 7 nitrogen and oxygen atoms in total. The fourth-order valence-electron chi connectivity index (χ4n) is 2.07. The third-order valence-electron chi connectivity index (χ3n) is 3.16. The first-order chi connectivity index (χ1) is 9.36. The van der Waals surface area contributed by atoms with Crippen LogP contribution in [0.3, 0.4) is 0 Å². The lowest BCUT2D eigenvalue weighted by Crippen LogP contribution is -2.38. The lowest BCUT2D eigenvalue weighted by atomic mass is 9.92. The summed E-state index contributed by atoms with van der Waals surface area (Å²) in [6.45, 7) is 3.90. The van der Waals surface area contributed by atoms with Gasteiger partial charge in [0.15, 0.2) is 0 Å². The number of hydrogen-bond acceptors (Lipinski definition) is 4. The Morgan fingerprint density at radius 3 is 2.70 bits per heavy atom. The number of nitrogens with zero attached hydrogens (tertiary/aromatic N) is 3. The number of carboxylic acid groups (broad SMARTS) is 1. The second kappa shape index (κ2) is 4.92. The Bertz CT molecular complexity index is 675. The molecular weight excluding hydrogens is 260 g/mol. The summed E-state index contributed by atoms with van der Waals surface area (Å²) >= 11 is 0. The molecule has 0 spiro atoms. The minimum Gasteiger partial charge on any atom is -0.478 e. The highest BCUT2D eigenvalue weighted by atomic mass is 16.4. The minimum absolute atomic E-state index is 0.103. The van der Waals surface area contributed by atoms with E-state index in [4.69, 9.17) is 5.11 Å². The molecule has 0 saturated carbocycles. The van der Waals surface area contributed by atoms with Crippen molar-refractivity contribution < 1.29 is 14.7 Å². The van der Waals surface area contributed by atoms with Gasteiger partial charge in [0.05, 0.1) is 23.0 Å². The highest BCUT2D eigenvalue weighted by Gasteiger charge is 2.28. The molecule has 2 rings (SSSR count). The molecule has 0 saturated heterocycles. The number of rotatable bonds is 4. The van der Waals surface area contributed by atoms with Crippen LogP contribution in [0.25, 0.3) is 11.0 Å². The minimum atomic E-state index is -1.05. The van der Waals surface area contributed by atoms with Gasteiger partial charge in [-0.05, 0) is 26.0 Å². The van der Waals surface area contributed by atoms with E-state index < -0.39 is 11.4 Å². The fraction of sp³-hybridized carbons (Fsp3) is 0.385. The monoisotopic (exact) mass is 276 g/mol. The molecule has 20 heavy (non-hydrogen) atoms. The quantitative estimate of drug-likeness (QED) is 0.864. The Morgan fingerprint density at radius 2 is 2.10 bits per heavy atom. The summed E-state index contributed by atoms with van der Waals surface area (Å²) in [7, 11) is 1.58. The number of aromatic nitrogens is 3. The molecule has 0 bridgehead atoms. The van der Waals surface area contributed by atoms with Gasteiger partial charge in [-0.2, -0.15) is 0 Å². The van der Waals surface area contributed by atoms with E-state index >= 15 is 0 Å². The third-order valence-corrected chi connectivity index (χ3v) is 3.16. The molecule has 7 heteroatoms. The van der Waals surface area contributed by atoms with Crippen LogP contribution in [0.2, 0.25) is 0 Å². The van der Waals surface area contributed by atoms with E-state index in [9.17, 15) is 9.59 Å². The Kier molecular flexibility index (Phi) is 3.44. The number of amides is 1. The number of carboxylic acids is 1. The standard InChI is InChI=1S/C13H16N4O3/c1-13(2,12(20)14-3)7-17-9-6-4-5-8(11(18)19)10(9)15-16-17/h4-6H,7H2,1-3H3,(H,14,20)(H,18,19). The van der Waals surface area contributed by atoms with E-state index in [0.29, 0.717) is 17.6 Å². The van der Waals surface area contributed by atoms with Crippen LogP contribution in [-0.4, -0.2) is 39.0 Å². The van der Waals surface area contributed by atoms with E-state index in [1.54, 1.807) is 37.7 Å². The maximum Gasteiger partial charge on any atom is 0.338 e. The first kappa shape index (κ1) is 14.0. The summed E-state index contributed by atoms with van der Waals surface area (Å²) in [4.78, 5) is 22.9. The van der Waals surface area contributed by atoms with Crippen molar-refractivity contribution in [3.8, 4) is 0 Å². The number of hydrogen-bond donors (Lipinski definition) is 2. The van der Waals surface area contributed by atoms with Crippen LogP contribution in [0.1, 0.15) is 24.2 Å². The van der Waals surface area contributed by atoms with Gasteiger partial charge >= 0.3 is 5.97 Å². The summed E-state index contributed by atoms with van der Waals surface area (Å²) in [5, 5.41) is 19.6. The molecule has 0 radical (unpaired) electrons. The van der Waals surface area contributed by atoms with E-state index in [0.717, 1.165) is 0 Å². The zero-order chi connectivity index (χ0) is 14.9. The van der Waals surface area contributed by atoms with Crippen molar-refractivity contribution in [3.63, 3.8) is 0 Å². The van der Waals surface area contributed by atoms with Crippen molar-refractivity contribution in [2.24, 2.45) is 5.41 Å². The van der Waals surface area contributed by atoms with Crippen molar-refractivity contribution in [3.05, 3.63) is 23.8 Å². The number of benzene rings is 1. The van der Waals surface area contributed by atoms with Crippen molar-refractivity contribution >= 4 is 22.9 Å². The number of nitrogens with one attached hydrogen (secondary N) is 1. The van der Waals surface area contributed by atoms with Gasteiger partial charge in [-0.3, -0.25) is 4.79 Å². The predicted octanol–water partition coefficient (Wildman–Crippen LogP) is 0.902. The molecule has 106 valence electrons. The molecule has 0 atom stereocenters. The van der Waals surface area contributed by atoms with Crippen molar-refractivity contribution in [1.29, 1.82) is 0 Å². The van der Waals surface area contributed by atoms with Gasteiger partial charge in [0.1, 0.15) is 5.52 Å². The Morgan fingerprint density at radius 1 is 1.40 bits per heavy atom. The lowest BCUT2D eigenvalue weighted by Gasteiger charge is -2.22. The Hall–Kier alpha value is -2.44. The summed E-state index contributed by atoms with van der Waals surface area (Å²) in [6, 6.07) is 4.85. The Balaban J connectivity index is 2.45. The molecule has 0 unspecified atom stereocenters. The second-order valence-electron chi connectivity index (χ2n) is 5.19. The maximum absolute atomic E-state index is 11.8. The van der Waals surface area contributed by atoms with Crippen LogP contribution in [0.4, 0.5) is 0 Å². The Labute approximate surface area is 115 Å². The van der Waals surface area contributed by atoms with Crippen molar-refractivity contribution in [1.82, 2.24) is 20.3 Å². The molecule has 0 aliphatic carbocycles. The molecule has 2 N–H and O–H groups in total. The number of aromatic carboxylic acids is 1. The van der Waals surface area contributed by atoms with Crippen molar-refractivity contribution in [2.75, 3.05) is 7.05 Å². The first-order valence-corrected chi connectivity index (χ1v) is 6.14. The zero-order valence-corrected chi connectivity index (χ0v) is 11.5. The van der Waals surface area contributed by atoms with Crippen LogP contribution in [0, 0.1) is 5.41 Å². The average Bonchev–Trinajstić information content (AvgIpc) is 2.80. The van der Waals surface area contributed by atoms with Gasteiger partial charge in [0.2, 0.25) is 5.91 Å². The molecule has 1 heterocycles. The molecule has 1 amide bonds. The van der Waals surface area contributed by atoms with E-state index in [1.165, 1.54) is 6.07 Å². The topological polar surface area (TPSA) is 97.1 Å². The molecule has 2 aromatic rings. The lowest BCUT2D eigenvalue weighted by molar-refractivity contribution is -0.129. The third kappa shape index (κ3) is 2.34. The molecule has 1 aromatic carbocycles. The van der Waals surface area contributed by atoms with Gasteiger partial charge in [-0.15, -0.1) is 5.10 Å².